The highest BCUT2D eigenvalue weighted by atomic mass is 35.5. The molecule has 1 heterocycles. The van der Waals surface area contributed by atoms with Gasteiger partial charge in [-0.1, -0.05) is 29.3 Å². The molecule has 0 radical (unpaired) electrons. The summed E-state index contributed by atoms with van der Waals surface area (Å²) in [6.45, 7) is 0. The summed E-state index contributed by atoms with van der Waals surface area (Å²) in [5, 5.41) is 0.710. The Morgan fingerprint density at radius 3 is 2.48 bits per heavy atom. The van der Waals surface area contributed by atoms with Gasteiger partial charge in [0.15, 0.2) is 0 Å². The lowest BCUT2D eigenvalue weighted by atomic mass is 9.74. The van der Waals surface area contributed by atoms with Crippen molar-refractivity contribution >= 4 is 29.1 Å². The van der Waals surface area contributed by atoms with E-state index in [1.807, 2.05) is 0 Å². The van der Waals surface area contributed by atoms with Gasteiger partial charge in [0.1, 0.15) is 0 Å². The van der Waals surface area contributed by atoms with E-state index in [0.717, 1.165) is 6.20 Å². The van der Waals surface area contributed by atoms with Crippen LogP contribution >= 0.6 is 23.2 Å². The van der Waals surface area contributed by atoms with E-state index in [9.17, 15) is 18.0 Å². The minimum absolute atomic E-state index is 0.0108. The molecule has 0 aliphatic heterocycles. The van der Waals surface area contributed by atoms with E-state index in [4.69, 9.17) is 23.2 Å². The van der Waals surface area contributed by atoms with Crippen LogP contribution in [0.4, 0.5) is 13.2 Å². The number of amides is 1. The van der Waals surface area contributed by atoms with Crippen LogP contribution in [0.1, 0.15) is 34.7 Å². The third-order valence-corrected chi connectivity index (χ3v) is 4.89. The Hall–Kier alpha value is -1.79. The predicted molar refractivity (Wildman–Crippen MR) is 88.7 cm³/mol. The SMILES string of the molecule is O=C(c1cccnc1)N([C@H]1CC[C@H]1c1ccc(Cl)cc1Cl)C(F)(F)F. The van der Waals surface area contributed by atoms with Crippen molar-refractivity contribution in [3.05, 3.63) is 63.9 Å². The molecule has 2 aromatic rings. The van der Waals surface area contributed by atoms with Gasteiger partial charge in [0.25, 0.3) is 5.91 Å². The summed E-state index contributed by atoms with van der Waals surface area (Å²) >= 11 is 12.0. The van der Waals surface area contributed by atoms with Gasteiger partial charge in [-0.3, -0.25) is 9.78 Å². The van der Waals surface area contributed by atoms with Crippen LogP contribution in [-0.4, -0.2) is 28.1 Å². The third kappa shape index (κ3) is 3.60. The first-order valence-corrected chi connectivity index (χ1v) is 8.30. The lowest BCUT2D eigenvalue weighted by Crippen LogP contribution is -2.55. The first-order valence-electron chi connectivity index (χ1n) is 7.54. The Labute approximate surface area is 152 Å². The van der Waals surface area contributed by atoms with E-state index in [1.165, 1.54) is 24.4 Å². The van der Waals surface area contributed by atoms with Gasteiger partial charge in [0, 0.05) is 34.4 Å². The fourth-order valence-electron chi connectivity index (χ4n) is 3.04. The van der Waals surface area contributed by atoms with Crippen LogP contribution in [0.25, 0.3) is 0 Å². The average molecular weight is 389 g/mol. The number of benzene rings is 1. The molecule has 2 atom stereocenters. The van der Waals surface area contributed by atoms with Crippen LogP contribution in [0, 0.1) is 0 Å². The fourth-order valence-corrected chi connectivity index (χ4v) is 3.59. The summed E-state index contributed by atoms with van der Waals surface area (Å²) in [5.41, 5.74) is 0.461. The molecule has 1 aliphatic carbocycles. The van der Waals surface area contributed by atoms with Crippen molar-refractivity contribution in [3.8, 4) is 0 Å². The van der Waals surface area contributed by atoms with Crippen molar-refractivity contribution in [2.75, 3.05) is 0 Å². The lowest BCUT2D eigenvalue weighted by Gasteiger charge is -2.45. The van der Waals surface area contributed by atoms with Crippen LogP contribution in [-0.2, 0) is 0 Å². The zero-order chi connectivity index (χ0) is 18.2. The minimum atomic E-state index is -4.80. The van der Waals surface area contributed by atoms with Gasteiger partial charge in [0.2, 0.25) is 0 Å². The molecule has 25 heavy (non-hydrogen) atoms. The van der Waals surface area contributed by atoms with Crippen molar-refractivity contribution < 1.29 is 18.0 Å². The number of carbonyl (C=O) groups excluding carboxylic acids is 1. The zero-order valence-electron chi connectivity index (χ0n) is 12.8. The second-order valence-corrected chi connectivity index (χ2v) is 6.65. The quantitative estimate of drug-likeness (QED) is 0.668. The maximum atomic E-state index is 13.6. The van der Waals surface area contributed by atoms with Gasteiger partial charge in [0.05, 0.1) is 5.56 Å². The van der Waals surface area contributed by atoms with E-state index in [2.05, 4.69) is 4.98 Å². The highest BCUT2D eigenvalue weighted by Gasteiger charge is 2.51. The van der Waals surface area contributed by atoms with Crippen LogP contribution in [0.15, 0.2) is 42.7 Å². The number of alkyl halides is 3. The maximum absolute atomic E-state index is 13.6. The fraction of sp³-hybridized carbons (Fsp3) is 0.294. The van der Waals surface area contributed by atoms with Crippen molar-refractivity contribution in [2.45, 2.75) is 31.1 Å². The van der Waals surface area contributed by atoms with Crippen molar-refractivity contribution in [3.63, 3.8) is 0 Å². The number of nitrogens with zero attached hydrogens (tertiary/aromatic N) is 2. The first-order chi connectivity index (χ1) is 11.8. The highest BCUT2D eigenvalue weighted by molar-refractivity contribution is 6.35. The summed E-state index contributed by atoms with van der Waals surface area (Å²) < 4.78 is 40.8. The normalized spacial score (nSPS) is 20.0. The molecule has 1 aromatic heterocycles. The van der Waals surface area contributed by atoms with E-state index in [0.29, 0.717) is 22.0 Å². The number of pyridine rings is 1. The zero-order valence-corrected chi connectivity index (χ0v) is 14.3. The number of rotatable bonds is 3. The summed E-state index contributed by atoms with van der Waals surface area (Å²) in [6, 6.07) is 6.43. The number of aromatic nitrogens is 1. The topological polar surface area (TPSA) is 33.2 Å². The van der Waals surface area contributed by atoms with Crippen LogP contribution in [0.3, 0.4) is 0 Å². The van der Waals surface area contributed by atoms with Gasteiger partial charge in [-0.15, -0.1) is 13.2 Å². The molecule has 3 rings (SSSR count). The molecule has 0 spiro atoms. The van der Waals surface area contributed by atoms with Gasteiger partial charge in [-0.2, -0.15) is 0 Å². The van der Waals surface area contributed by atoms with E-state index < -0.39 is 24.2 Å². The number of hydrogen-bond donors (Lipinski definition) is 0. The van der Waals surface area contributed by atoms with Gasteiger partial charge >= 0.3 is 6.30 Å². The molecule has 3 nitrogen and oxygen atoms in total. The molecule has 1 fully saturated rings. The Balaban J connectivity index is 1.93. The summed E-state index contributed by atoms with van der Waals surface area (Å²) in [7, 11) is 0. The highest BCUT2D eigenvalue weighted by Crippen LogP contribution is 2.46. The molecule has 0 bridgehead atoms. The number of halogens is 5. The van der Waals surface area contributed by atoms with Gasteiger partial charge in [-0.05, 0) is 42.7 Å². The van der Waals surface area contributed by atoms with Gasteiger partial charge in [-0.25, -0.2) is 4.90 Å². The van der Waals surface area contributed by atoms with Crippen LogP contribution in [0.5, 0.6) is 0 Å². The lowest BCUT2D eigenvalue weighted by molar-refractivity contribution is -0.245. The molecule has 0 N–H and O–H groups in total. The van der Waals surface area contributed by atoms with Crippen molar-refractivity contribution in [2.24, 2.45) is 0 Å². The Morgan fingerprint density at radius 1 is 1.20 bits per heavy atom. The van der Waals surface area contributed by atoms with E-state index in [-0.39, 0.29) is 16.9 Å². The molecule has 132 valence electrons. The molecule has 1 amide bonds. The molecule has 1 aromatic carbocycles. The third-order valence-electron chi connectivity index (χ3n) is 4.33. The second-order valence-electron chi connectivity index (χ2n) is 5.80. The second kappa shape index (κ2) is 6.84. The Bertz CT molecular complexity index is 783. The summed E-state index contributed by atoms with van der Waals surface area (Å²) in [5.74, 6) is -1.60. The molecular formula is C17H13Cl2F3N2O. The molecule has 0 saturated heterocycles. The molecule has 8 heteroatoms. The summed E-state index contributed by atoms with van der Waals surface area (Å²) in [6.07, 6.45) is -1.51. The molecule has 1 saturated carbocycles. The molecule has 1 aliphatic rings. The number of carbonyl (C=O) groups is 1. The van der Waals surface area contributed by atoms with Crippen LogP contribution < -0.4 is 0 Å². The van der Waals surface area contributed by atoms with Crippen LogP contribution in [0.2, 0.25) is 10.0 Å². The Morgan fingerprint density at radius 2 is 1.96 bits per heavy atom. The smallest absolute Gasteiger partial charge is 0.269 e. The summed E-state index contributed by atoms with van der Waals surface area (Å²) in [4.78, 5) is 16.2. The predicted octanol–water partition coefficient (Wildman–Crippen LogP) is 5.30. The largest absolute Gasteiger partial charge is 0.487 e. The van der Waals surface area contributed by atoms with Gasteiger partial charge < -0.3 is 0 Å². The molecule has 0 unspecified atom stereocenters. The molecular weight excluding hydrogens is 376 g/mol. The Kier molecular flexibility index (Phi) is 4.93. The van der Waals surface area contributed by atoms with E-state index in [1.54, 1.807) is 12.1 Å². The van der Waals surface area contributed by atoms with Crippen molar-refractivity contribution in [1.29, 1.82) is 0 Å². The first kappa shape index (κ1) is 18.0. The monoisotopic (exact) mass is 388 g/mol. The standard InChI is InChI=1S/C17H13Cl2F3N2O/c18-11-3-4-12(14(19)8-11)13-5-6-15(13)24(17(20,21)22)16(25)10-2-1-7-23-9-10/h1-4,7-9,13,15H,5-6H2/t13-,15-/m0/s1. The van der Waals surface area contributed by atoms with E-state index >= 15 is 0 Å². The average Bonchev–Trinajstić information content (AvgIpc) is 2.53. The number of hydrogen-bond acceptors (Lipinski definition) is 2. The van der Waals surface area contributed by atoms with Crippen molar-refractivity contribution in [1.82, 2.24) is 9.88 Å². The minimum Gasteiger partial charge on any atom is -0.269 e. The maximum Gasteiger partial charge on any atom is 0.487 e.